The Balaban J connectivity index is 1.56. The molecule has 0 saturated carbocycles. The van der Waals surface area contributed by atoms with Crippen molar-refractivity contribution in [3.63, 3.8) is 0 Å². The summed E-state index contributed by atoms with van der Waals surface area (Å²) in [7, 11) is 6.57. The van der Waals surface area contributed by atoms with Crippen LogP contribution in [0.5, 0.6) is 17.2 Å². The molecule has 0 radical (unpaired) electrons. The number of aliphatic hydroxyl groups excluding tert-OH is 1. The Bertz CT molecular complexity index is 977. The molecule has 166 valence electrons. The fourth-order valence-electron chi connectivity index (χ4n) is 3.31. The Labute approximate surface area is 186 Å². The second kappa shape index (κ2) is 10.9. The van der Waals surface area contributed by atoms with E-state index in [2.05, 4.69) is 27.8 Å². The van der Waals surface area contributed by atoms with Gasteiger partial charge in [0.2, 0.25) is 0 Å². The van der Waals surface area contributed by atoms with Crippen LogP contribution in [0.3, 0.4) is 0 Å². The number of hydrogen-bond donors (Lipinski definition) is 3. The van der Waals surface area contributed by atoms with Crippen molar-refractivity contribution in [2.75, 3.05) is 41.5 Å². The molecule has 31 heavy (non-hydrogen) atoms. The van der Waals surface area contributed by atoms with E-state index in [0.29, 0.717) is 42.7 Å². The number of thiophene rings is 1. The summed E-state index contributed by atoms with van der Waals surface area (Å²) in [4.78, 5) is 5.17. The van der Waals surface area contributed by atoms with Gasteiger partial charge in [-0.1, -0.05) is 18.2 Å². The molecule has 0 aliphatic carbocycles. The van der Waals surface area contributed by atoms with Crippen molar-refractivity contribution in [2.45, 2.75) is 12.5 Å². The van der Waals surface area contributed by atoms with Crippen LogP contribution >= 0.6 is 11.3 Å². The highest BCUT2D eigenvalue weighted by atomic mass is 32.1. The van der Waals surface area contributed by atoms with Crippen molar-refractivity contribution >= 4 is 27.4 Å². The number of methoxy groups -OCH3 is 3. The molecular weight excluding hydrogens is 414 g/mol. The molecule has 0 aliphatic rings. The van der Waals surface area contributed by atoms with Crippen LogP contribution in [-0.4, -0.2) is 52.5 Å². The Kier molecular flexibility index (Phi) is 7.97. The summed E-state index contributed by atoms with van der Waals surface area (Å²) in [5.41, 5.74) is 0.944. The summed E-state index contributed by atoms with van der Waals surface area (Å²) < 4.78 is 17.5. The van der Waals surface area contributed by atoms with Crippen LogP contribution in [0.1, 0.15) is 16.5 Å². The van der Waals surface area contributed by atoms with Crippen LogP contribution in [0.15, 0.2) is 47.5 Å². The predicted octanol–water partition coefficient (Wildman–Crippen LogP) is 3.37. The molecule has 1 unspecified atom stereocenters. The standard InChI is InChI=1S/C23H29N3O4S/c1-24-23(26-14-18(27)22-11-15-7-5-6-8-21(15)31-22)25-10-9-17-19(29-3)12-16(28-2)13-20(17)30-4/h5-8,11-13,18,27H,9-10,14H2,1-4H3,(H2,24,25,26). The van der Waals surface area contributed by atoms with Gasteiger partial charge >= 0.3 is 0 Å². The van der Waals surface area contributed by atoms with Gasteiger partial charge < -0.3 is 30.0 Å². The van der Waals surface area contributed by atoms with E-state index in [9.17, 15) is 5.11 Å². The third-order valence-electron chi connectivity index (χ3n) is 4.94. The summed E-state index contributed by atoms with van der Waals surface area (Å²) in [5, 5.41) is 18.2. The maximum Gasteiger partial charge on any atom is 0.191 e. The number of rotatable bonds is 9. The monoisotopic (exact) mass is 443 g/mol. The van der Waals surface area contributed by atoms with Gasteiger partial charge in [0.05, 0.1) is 21.3 Å². The third kappa shape index (κ3) is 5.59. The molecule has 2 aromatic carbocycles. The lowest BCUT2D eigenvalue weighted by Gasteiger charge is -2.17. The van der Waals surface area contributed by atoms with Crippen molar-refractivity contribution in [1.82, 2.24) is 10.6 Å². The quantitative estimate of drug-likeness (QED) is 0.347. The molecule has 1 atom stereocenters. The Morgan fingerprint density at radius 2 is 1.74 bits per heavy atom. The smallest absolute Gasteiger partial charge is 0.191 e. The van der Waals surface area contributed by atoms with E-state index in [4.69, 9.17) is 14.2 Å². The first-order valence-electron chi connectivity index (χ1n) is 9.99. The number of nitrogens with one attached hydrogen (secondary N) is 2. The summed E-state index contributed by atoms with van der Waals surface area (Å²) in [5.74, 6) is 2.71. The Morgan fingerprint density at radius 1 is 1.03 bits per heavy atom. The van der Waals surface area contributed by atoms with Gasteiger partial charge in [0, 0.05) is 47.4 Å². The fourth-order valence-corrected chi connectivity index (χ4v) is 4.36. The molecule has 1 heterocycles. The molecular formula is C23H29N3O4S. The van der Waals surface area contributed by atoms with E-state index in [1.165, 1.54) is 4.70 Å². The van der Waals surface area contributed by atoms with Crippen LogP contribution < -0.4 is 24.8 Å². The van der Waals surface area contributed by atoms with Crippen LogP contribution in [0.2, 0.25) is 0 Å². The highest BCUT2D eigenvalue weighted by Gasteiger charge is 2.14. The fraction of sp³-hybridized carbons (Fsp3) is 0.348. The maximum atomic E-state index is 10.6. The lowest BCUT2D eigenvalue weighted by Crippen LogP contribution is -2.40. The minimum Gasteiger partial charge on any atom is -0.496 e. The van der Waals surface area contributed by atoms with Gasteiger partial charge in [-0.25, -0.2) is 0 Å². The second-order valence-electron chi connectivity index (χ2n) is 6.84. The third-order valence-corrected chi connectivity index (χ3v) is 6.16. The minimum absolute atomic E-state index is 0.363. The molecule has 0 saturated heterocycles. The van der Waals surface area contributed by atoms with E-state index < -0.39 is 6.10 Å². The summed E-state index contributed by atoms with van der Waals surface area (Å²) in [6.07, 6.45) is 0.0494. The van der Waals surface area contributed by atoms with Gasteiger partial charge in [-0.3, -0.25) is 4.99 Å². The average molecular weight is 444 g/mol. The van der Waals surface area contributed by atoms with Gasteiger partial charge in [0.25, 0.3) is 0 Å². The SMILES string of the molecule is CN=C(NCCc1c(OC)cc(OC)cc1OC)NCC(O)c1cc2ccccc2s1. The topological polar surface area (TPSA) is 84.3 Å². The van der Waals surface area contributed by atoms with E-state index in [1.807, 2.05) is 30.3 Å². The minimum atomic E-state index is -0.613. The number of hydrogen-bond acceptors (Lipinski definition) is 6. The second-order valence-corrected chi connectivity index (χ2v) is 7.96. The van der Waals surface area contributed by atoms with Crippen molar-refractivity contribution in [3.8, 4) is 17.2 Å². The highest BCUT2D eigenvalue weighted by molar-refractivity contribution is 7.19. The number of nitrogens with zero attached hydrogens (tertiary/aromatic N) is 1. The zero-order valence-electron chi connectivity index (χ0n) is 18.3. The van der Waals surface area contributed by atoms with E-state index >= 15 is 0 Å². The number of fused-ring (bicyclic) bond motifs is 1. The zero-order valence-corrected chi connectivity index (χ0v) is 19.1. The first-order chi connectivity index (χ1) is 15.1. The normalized spacial score (nSPS) is 12.5. The Morgan fingerprint density at radius 3 is 2.35 bits per heavy atom. The molecule has 7 nitrogen and oxygen atoms in total. The van der Waals surface area contributed by atoms with Crippen molar-refractivity contribution in [2.24, 2.45) is 4.99 Å². The van der Waals surface area contributed by atoms with Gasteiger partial charge in [-0.05, 0) is 23.9 Å². The van der Waals surface area contributed by atoms with Crippen LogP contribution in [0.4, 0.5) is 0 Å². The molecule has 3 N–H and O–H groups in total. The number of aliphatic hydroxyl groups is 1. The summed E-state index contributed by atoms with van der Waals surface area (Å²) in [6.45, 7) is 0.972. The van der Waals surface area contributed by atoms with Crippen molar-refractivity contribution in [3.05, 3.63) is 52.9 Å². The molecule has 0 bridgehead atoms. The van der Waals surface area contributed by atoms with Crippen LogP contribution in [0, 0.1) is 0 Å². The van der Waals surface area contributed by atoms with E-state index in [-0.39, 0.29) is 0 Å². The zero-order chi connectivity index (χ0) is 22.2. The molecule has 1 aromatic heterocycles. The molecule has 0 spiro atoms. The molecule has 0 fully saturated rings. The largest absolute Gasteiger partial charge is 0.496 e. The predicted molar refractivity (Wildman–Crippen MR) is 126 cm³/mol. The van der Waals surface area contributed by atoms with Crippen LogP contribution in [-0.2, 0) is 6.42 Å². The first kappa shape index (κ1) is 22.7. The number of aliphatic imine (C=N–C) groups is 1. The lowest BCUT2D eigenvalue weighted by atomic mass is 10.1. The maximum absolute atomic E-state index is 10.6. The van der Waals surface area contributed by atoms with Crippen molar-refractivity contribution in [1.29, 1.82) is 0 Å². The Hall–Kier alpha value is -2.97. The number of guanidine groups is 1. The van der Waals surface area contributed by atoms with E-state index in [1.54, 1.807) is 39.7 Å². The molecule has 8 heteroatoms. The summed E-state index contributed by atoms with van der Waals surface area (Å²) in [6, 6.07) is 13.8. The molecule has 0 amide bonds. The van der Waals surface area contributed by atoms with Gasteiger partial charge in [0.1, 0.15) is 23.4 Å². The van der Waals surface area contributed by atoms with Crippen molar-refractivity contribution < 1.29 is 19.3 Å². The molecule has 0 aliphatic heterocycles. The van der Waals surface area contributed by atoms with E-state index in [0.717, 1.165) is 15.8 Å². The van der Waals surface area contributed by atoms with Gasteiger partial charge in [-0.2, -0.15) is 0 Å². The first-order valence-corrected chi connectivity index (χ1v) is 10.8. The molecule has 3 rings (SSSR count). The molecule has 3 aromatic rings. The van der Waals surface area contributed by atoms with Gasteiger partial charge in [0.15, 0.2) is 5.96 Å². The lowest BCUT2D eigenvalue weighted by molar-refractivity contribution is 0.184. The van der Waals surface area contributed by atoms with Gasteiger partial charge in [-0.15, -0.1) is 11.3 Å². The van der Waals surface area contributed by atoms with Crippen LogP contribution in [0.25, 0.3) is 10.1 Å². The average Bonchev–Trinajstić information content (AvgIpc) is 3.25. The number of benzene rings is 2. The summed E-state index contributed by atoms with van der Waals surface area (Å²) >= 11 is 1.60. The number of ether oxygens (including phenoxy) is 3. The highest BCUT2D eigenvalue weighted by Crippen LogP contribution is 2.34.